The number of nitrogens with one attached hydrogen (secondary N) is 1. The Labute approximate surface area is 201 Å². The molecule has 10 heteroatoms. The van der Waals surface area contributed by atoms with Gasteiger partial charge in [0.2, 0.25) is 18.2 Å². The number of carboxylic acids is 1. The molecule has 0 saturated heterocycles. The number of hydrogen-bond donors (Lipinski definition) is 2. The maximum absolute atomic E-state index is 12.5. The van der Waals surface area contributed by atoms with Gasteiger partial charge >= 0.3 is 5.97 Å². The minimum atomic E-state index is -0.937. The highest BCUT2D eigenvalue weighted by molar-refractivity contribution is 6.02. The molecule has 0 aliphatic rings. The van der Waals surface area contributed by atoms with Crippen molar-refractivity contribution in [2.75, 3.05) is 5.32 Å². The van der Waals surface area contributed by atoms with Crippen molar-refractivity contribution in [2.24, 2.45) is 0 Å². The van der Waals surface area contributed by atoms with E-state index in [0.717, 1.165) is 23.1 Å². The average Bonchev–Trinajstić information content (AvgIpc) is 3.55. The number of rotatable bonds is 10. The maximum Gasteiger partial charge on any atom is 0.328 e. The summed E-state index contributed by atoms with van der Waals surface area (Å²) in [6, 6.07) is 8.62. The summed E-state index contributed by atoms with van der Waals surface area (Å²) in [6.07, 6.45) is 12.8. The highest BCUT2D eigenvalue weighted by Crippen LogP contribution is 2.25. The van der Waals surface area contributed by atoms with E-state index in [1.165, 1.54) is 17.2 Å². The van der Waals surface area contributed by atoms with Gasteiger partial charge in [-0.25, -0.2) is 4.79 Å². The van der Waals surface area contributed by atoms with E-state index in [-0.39, 0.29) is 5.91 Å². The van der Waals surface area contributed by atoms with Crippen LogP contribution in [-0.4, -0.2) is 41.9 Å². The summed E-state index contributed by atoms with van der Waals surface area (Å²) < 4.78 is 6.57. The van der Waals surface area contributed by atoms with Gasteiger partial charge in [-0.2, -0.15) is 5.10 Å². The van der Waals surface area contributed by atoms with Crippen molar-refractivity contribution in [1.82, 2.24) is 25.0 Å². The zero-order valence-corrected chi connectivity index (χ0v) is 19.0. The van der Waals surface area contributed by atoms with Gasteiger partial charge in [0.15, 0.2) is 0 Å². The van der Waals surface area contributed by atoms with Crippen LogP contribution in [0.3, 0.4) is 0 Å². The normalized spacial score (nSPS) is 12.0. The first-order valence-electron chi connectivity index (χ1n) is 11.1. The van der Waals surface area contributed by atoms with Crippen molar-refractivity contribution < 1.29 is 19.1 Å². The number of aryl methyl sites for hydroxylation is 2. The Morgan fingerprint density at radius 1 is 1.17 bits per heavy atom. The molecule has 1 atom stereocenters. The SMILES string of the molecule is CCC(C(=O)O)n1cc(-c2ccncc2C=CC(=O)Nc2ccc(CCc3nnco3)cc2)cn1. The molecular formula is C25H24N6O4. The third kappa shape index (κ3) is 6.05. The topological polar surface area (TPSA) is 136 Å². The summed E-state index contributed by atoms with van der Waals surface area (Å²) in [5.41, 5.74) is 4.00. The van der Waals surface area contributed by atoms with Gasteiger partial charge in [-0.15, -0.1) is 10.2 Å². The van der Waals surface area contributed by atoms with E-state index in [2.05, 4.69) is 25.6 Å². The number of pyridine rings is 1. The largest absolute Gasteiger partial charge is 0.480 e. The summed E-state index contributed by atoms with van der Waals surface area (Å²) in [4.78, 5) is 28.1. The molecule has 1 aromatic carbocycles. The Balaban J connectivity index is 1.40. The molecular weight excluding hydrogens is 448 g/mol. The Hall–Kier alpha value is -4.60. The summed E-state index contributed by atoms with van der Waals surface area (Å²) >= 11 is 0. The van der Waals surface area contributed by atoms with E-state index in [4.69, 9.17) is 4.42 Å². The standard InChI is InChI=1S/C25H24N6O4/c1-2-22(25(33)34)31-15-19(14-28-31)21-11-12-26-13-18(21)6-9-23(32)29-20-7-3-17(4-8-20)5-10-24-30-27-16-35-24/h3-4,6-9,11-16,22H,2,5,10H2,1H3,(H,29,32)(H,33,34). The Kier molecular flexibility index (Phi) is 7.41. The van der Waals surface area contributed by atoms with Gasteiger partial charge in [-0.05, 0) is 48.2 Å². The minimum absolute atomic E-state index is 0.286. The fourth-order valence-corrected chi connectivity index (χ4v) is 3.59. The van der Waals surface area contributed by atoms with Crippen molar-refractivity contribution in [2.45, 2.75) is 32.2 Å². The second-order valence-corrected chi connectivity index (χ2v) is 7.79. The lowest BCUT2D eigenvalue weighted by Crippen LogP contribution is -2.18. The lowest BCUT2D eigenvalue weighted by molar-refractivity contribution is -0.141. The molecule has 0 spiro atoms. The van der Waals surface area contributed by atoms with E-state index in [1.807, 2.05) is 24.3 Å². The predicted molar refractivity (Wildman–Crippen MR) is 128 cm³/mol. The number of anilines is 1. The second kappa shape index (κ2) is 11.0. The molecule has 1 unspecified atom stereocenters. The van der Waals surface area contributed by atoms with Crippen LogP contribution in [0.5, 0.6) is 0 Å². The fraction of sp³-hybridized carbons (Fsp3) is 0.200. The van der Waals surface area contributed by atoms with Crippen LogP contribution in [-0.2, 0) is 22.4 Å². The Morgan fingerprint density at radius 3 is 2.71 bits per heavy atom. The van der Waals surface area contributed by atoms with Crippen molar-refractivity contribution in [3.63, 3.8) is 0 Å². The van der Waals surface area contributed by atoms with E-state index in [1.54, 1.807) is 43.9 Å². The molecule has 0 saturated carbocycles. The molecule has 0 aliphatic heterocycles. The number of carbonyl (C=O) groups excluding carboxylic acids is 1. The second-order valence-electron chi connectivity index (χ2n) is 7.79. The van der Waals surface area contributed by atoms with Crippen molar-refractivity contribution >= 4 is 23.6 Å². The summed E-state index contributed by atoms with van der Waals surface area (Å²) in [7, 11) is 0. The number of benzene rings is 1. The van der Waals surface area contributed by atoms with Crippen LogP contribution in [0.1, 0.15) is 36.4 Å². The van der Waals surface area contributed by atoms with Crippen molar-refractivity contribution in [3.05, 3.63) is 84.6 Å². The van der Waals surface area contributed by atoms with Gasteiger partial charge in [0.1, 0.15) is 6.04 Å². The van der Waals surface area contributed by atoms with Crippen LogP contribution < -0.4 is 5.32 Å². The number of nitrogens with zero attached hydrogens (tertiary/aromatic N) is 5. The smallest absolute Gasteiger partial charge is 0.328 e. The molecule has 178 valence electrons. The number of amides is 1. The lowest BCUT2D eigenvalue weighted by atomic mass is 10.0. The highest BCUT2D eigenvalue weighted by Gasteiger charge is 2.18. The van der Waals surface area contributed by atoms with Gasteiger partial charge in [0.25, 0.3) is 0 Å². The number of aromatic nitrogens is 5. The van der Waals surface area contributed by atoms with Gasteiger partial charge in [-0.3, -0.25) is 14.5 Å². The lowest BCUT2D eigenvalue weighted by Gasteiger charge is -2.09. The van der Waals surface area contributed by atoms with E-state index >= 15 is 0 Å². The van der Waals surface area contributed by atoms with Gasteiger partial charge in [0.05, 0.1) is 6.20 Å². The highest BCUT2D eigenvalue weighted by atomic mass is 16.4. The van der Waals surface area contributed by atoms with Crippen molar-refractivity contribution in [3.8, 4) is 11.1 Å². The average molecular weight is 473 g/mol. The van der Waals surface area contributed by atoms with Crippen LogP contribution in [0.25, 0.3) is 17.2 Å². The van der Waals surface area contributed by atoms with Crippen LogP contribution in [0.15, 0.2) is 72.0 Å². The predicted octanol–water partition coefficient (Wildman–Crippen LogP) is 3.80. The molecule has 0 bridgehead atoms. The van der Waals surface area contributed by atoms with Gasteiger partial charge < -0.3 is 14.8 Å². The molecule has 10 nitrogen and oxygen atoms in total. The first-order chi connectivity index (χ1) is 17.0. The van der Waals surface area contributed by atoms with E-state index in [0.29, 0.717) is 30.0 Å². The van der Waals surface area contributed by atoms with Crippen LogP contribution >= 0.6 is 0 Å². The fourth-order valence-electron chi connectivity index (χ4n) is 3.59. The Morgan fingerprint density at radius 2 is 2.00 bits per heavy atom. The minimum Gasteiger partial charge on any atom is -0.480 e. The summed E-state index contributed by atoms with van der Waals surface area (Å²) in [5, 5.41) is 23.9. The zero-order valence-electron chi connectivity index (χ0n) is 19.0. The molecule has 0 aliphatic carbocycles. The first-order valence-corrected chi connectivity index (χ1v) is 11.1. The van der Waals surface area contributed by atoms with Gasteiger partial charge in [-0.1, -0.05) is 19.1 Å². The molecule has 1 amide bonds. The number of carbonyl (C=O) groups is 2. The third-order valence-corrected chi connectivity index (χ3v) is 5.42. The van der Waals surface area contributed by atoms with E-state index in [9.17, 15) is 14.7 Å². The molecule has 3 heterocycles. The monoisotopic (exact) mass is 472 g/mol. The molecule has 35 heavy (non-hydrogen) atoms. The van der Waals surface area contributed by atoms with Gasteiger partial charge in [0, 0.05) is 47.9 Å². The van der Waals surface area contributed by atoms with E-state index < -0.39 is 12.0 Å². The summed E-state index contributed by atoms with van der Waals surface area (Å²) in [6.45, 7) is 1.79. The zero-order chi connectivity index (χ0) is 24.6. The maximum atomic E-state index is 12.5. The quantitative estimate of drug-likeness (QED) is 0.333. The molecule has 0 fully saturated rings. The number of aliphatic carboxylic acids is 1. The Bertz CT molecular complexity index is 1310. The first kappa shape index (κ1) is 23.6. The van der Waals surface area contributed by atoms with Crippen LogP contribution in [0, 0.1) is 0 Å². The molecule has 3 aromatic heterocycles. The van der Waals surface area contributed by atoms with Crippen LogP contribution in [0.4, 0.5) is 5.69 Å². The molecule has 2 N–H and O–H groups in total. The third-order valence-electron chi connectivity index (χ3n) is 5.42. The molecule has 4 aromatic rings. The molecule has 4 rings (SSSR count). The summed E-state index contributed by atoms with van der Waals surface area (Å²) in [5.74, 6) is -0.638. The number of hydrogen-bond acceptors (Lipinski definition) is 7. The molecule has 0 radical (unpaired) electrons. The van der Waals surface area contributed by atoms with Crippen molar-refractivity contribution in [1.29, 1.82) is 0 Å². The number of carboxylic acid groups (broad SMARTS) is 1. The van der Waals surface area contributed by atoms with Crippen LogP contribution in [0.2, 0.25) is 0 Å².